The summed E-state index contributed by atoms with van der Waals surface area (Å²) in [6.07, 6.45) is 1.76. The van der Waals surface area contributed by atoms with Gasteiger partial charge in [-0.15, -0.1) is 5.10 Å². The van der Waals surface area contributed by atoms with Crippen molar-refractivity contribution in [1.82, 2.24) is 10.2 Å². The summed E-state index contributed by atoms with van der Waals surface area (Å²) in [5, 5.41) is 12.3. The fourth-order valence-electron chi connectivity index (χ4n) is 2.90. The van der Waals surface area contributed by atoms with Gasteiger partial charge in [-0.25, -0.2) is 4.79 Å². The summed E-state index contributed by atoms with van der Waals surface area (Å²) >= 11 is 1.58. The number of benzene rings is 2. The Labute approximate surface area is 148 Å². The van der Waals surface area contributed by atoms with Crippen molar-refractivity contribution in [1.29, 1.82) is 0 Å². The minimum Gasteiger partial charge on any atom is -0.422 e. The van der Waals surface area contributed by atoms with Gasteiger partial charge in [-0.2, -0.15) is 5.10 Å². The molecule has 25 heavy (non-hydrogen) atoms. The largest absolute Gasteiger partial charge is 0.422 e. The number of hydrogen-bond acceptors (Lipinski definition) is 5. The third-order valence-corrected chi connectivity index (χ3v) is 5.45. The molecule has 0 amide bonds. The molecule has 2 aromatic heterocycles. The van der Waals surface area contributed by atoms with Crippen molar-refractivity contribution in [3.05, 3.63) is 75.8 Å². The molecule has 0 saturated carbocycles. The Morgan fingerprint density at radius 2 is 1.92 bits per heavy atom. The minimum absolute atomic E-state index is 0.319. The Hall–Kier alpha value is -2.66. The quantitative estimate of drug-likeness (QED) is 0.398. The van der Waals surface area contributed by atoms with Crippen LogP contribution in [0.2, 0.25) is 0 Å². The van der Waals surface area contributed by atoms with Gasteiger partial charge in [0.15, 0.2) is 0 Å². The number of aryl methyl sites for hydroxylation is 2. The molecule has 0 radical (unpaired) electrons. The molecular weight excluding hydrogens is 332 g/mol. The second-order valence-electron chi connectivity index (χ2n) is 6.00. The molecule has 0 saturated heterocycles. The Bertz CT molecular complexity index is 1150. The van der Waals surface area contributed by atoms with Crippen LogP contribution in [-0.2, 0) is 5.75 Å². The smallest absolute Gasteiger partial charge is 0.336 e. The molecule has 4 aromatic rings. The summed E-state index contributed by atoms with van der Waals surface area (Å²) in [4.78, 5) is 12.0. The topological polar surface area (TPSA) is 56.0 Å². The molecule has 0 spiro atoms. The normalized spacial score (nSPS) is 11.3. The second-order valence-corrected chi connectivity index (χ2v) is 6.96. The van der Waals surface area contributed by atoms with E-state index in [0.29, 0.717) is 11.3 Å². The number of rotatable bonds is 3. The van der Waals surface area contributed by atoms with E-state index >= 15 is 0 Å². The van der Waals surface area contributed by atoms with Crippen LogP contribution in [0.4, 0.5) is 0 Å². The van der Waals surface area contributed by atoms with Crippen LogP contribution in [0.3, 0.4) is 0 Å². The fraction of sp³-hybridized carbons (Fsp3) is 0.150. The van der Waals surface area contributed by atoms with Crippen LogP contribution in [0.1, 0.15) is 16.7 Å². The molecule has 4 rings (SSSR count). The van der Waals surface area contributed by atoms with Crippen molar-refractivity contribution < 1.29 is 4.42 Å². The maximum Gasteiger partial charge on any atom is 0.336 e. The van der Waals surface area contributed by atoms with Crippen LogP contribution in [0, 0.1) is 13.8 Å². The van der Waals surface area contributed by atoms with Crippen molar-refractivity contribution in [2.45, 2.75) is 24.6 Å². The highest BCUT2D eigenvalue weighted by molar-refractivity contribution is 7.98. The van der Waals surface area contributed by atoms with Crippen LogP contribution in [0.25, 0.3) is 21.7 Å². The van der Waals surface area contributed by atoms with Gasteiger partial charge in [-0.3, -0.25) is 0 Å². The summed E-state index contributed by atoms with van der Waals surface area (Å²) < 4.78 is 5.44. The highest BCUT2D eigenvalue weighted by Gasteiger charge is 2.11. The third kappa shape index (κ3) is 2.91. The van der Waals surface area contributed by atoms with Crippen molar-refractivity contribution in [2.75, 3.05) is 0 Å². The summed E-state index contributed by atoms with van der Waals surface area (Å²) in [5.41, 5.74) is 3.42. The lowest BCUT2D eigenvalue weighted by atomic mass is 10.0. The van der Waals surface area contributed by atoms with Crippen molar-refractivity contribution >= 4 is 33.5 Å². The Balaban J connectivity index is 1.76. The minimum atomic E-state index is -0.319. The van der Waals surface area contributed by atoms with E-state index in [9.17, 15) is 4.79 Å². The van der Waals surface area contributed by atoms with Gasteiger partial charge in [0.05, 0.1) is 6.20 Å². The molecule has 5 heteroatoms. The fourth-order valence-corrected chi connectivity index (χ4v) is 3.88. The third-order valence-electron chi connectivity index (χ3n) is 4.42. The lowest BCUT2D eigenvalue weighted by Crippen LogP contribution is -2.01. The van der Waals surface area contributed by atoms with E-state index in [4.69, 9.17) is 4.42 Å². The average Bonchev–Trinajstić information content (AvgIpc) is 2.63. The van der Waals surface area contributed by atoms with Crippen LogP contribution >= 0.6 is 11.8 Å². The van der Waals surface area contributed by atoms with E-state index in [1.165, 1.54) is 0 Å². The molecule has 0 aliphatic rings. The highest BCUT2D eigenvalue weighted by Crippen LogP contribution is 2.30. The molecule has 0 atom stereocenters. The zero-order valence-electron chi connectivity index (χ0n) is 13.9. The van der Waals surface area contributed by atoms with Crippen molar-refractivity contribution in [3.63, 3.8) is 0 Å². The van der Waals surface area contributed by atoms with Crippen LogP contribution < -0.4 is 5.63 Å². The van der Waals surface area contributed by atoms with Crippen molar-refractivity contribution in [3.8, 4) is 0 Å². The Morgan fingerprint density at radius 3 is 2.80 bits per heavy atom. The lowest BCUT2D eigenvalue weighted by Gasteiger charge is -2.09. The number of thioether (sulfide) groups is 1. The SMILES string of the molecule is Cc1ccc2c(CSc3nncc4ccccc34)cc(=O)oc2c1C. The summed E-state index contributed by atoms with van der Waals surface area (Å²) in [6.45, 7) is 4.00. The Morgan fingerprint density at radius 1 is 1.08 bits per heavy atom. The van der Waals surface area contributed by atoms with E-state index in [1.54, 1.807) is 24.0 Å². The van der Waals surface area contributed by atoms with E-state index < -0.39 is 0 Å². The molecule has 0 N–H and O–H groups in total. The Kier molecular flexibility index (Phi) is 4.01. The number of aromatic nitrogens is 2. The first-order valence-corrected chi connectivity index (χ1v) is 8.98. The number of nitrogens with zero attached hydrogens (tertiary/aromatic N) is 2. The number of fused-ring (bicyclic) bond motifs is 2. The molecule has 4 nitrogen and oxygen atoms in total. The highest BCUT2D eigenvalue weighted by atomic mass is 32.2. The molecule has 0 unspecified atom stereocenters. The van der Waals surface area contributed by atoms with Gasteiger partial charge in [0, 0.05) is 28.0 Å². The lowest BCUT2D eigenvalue weighted by molar-refractivity contribution is 0.557. The molecule has 0 bridgehead atoms. The summed E-state index contributed by atoms with van der Waals surface area (Å²) in [6, 6.07) is 13.7. The summed E-state index contributed by atoms with van der Waals surface area (Å²) in [5.74, 6) is 0.632. The zero-order valence-corrected chi connectivity index (χ0v) is 14.8. The van der Waals surface area contributed by atoms with Gasteiger partial charge in [-0.1, -0.05) is 48.2 Å². The number of hydrogen-bond donors (Lipinski definition) is 0. The van der Waals surface area contributed by atoms with Gasteiger partial charge in [0.2, 0.25) is 0 Å². The average molecular weight is 348 g/mol. The van der Waals surface area contributed by atoms with E-state index in [2.05, 4.69) is 16.3 Å². The van der Waals surface area contributed by atoms with E-state index in [0.717, 1.165) is 37.9 Å². The maximum absolute atomic E-state index is 12.0. The maximum atomic E-state index is 12.0. The van der Waals surface area contributed by atoms with Crippen molar-refractivity contribution in [2.24, 2.45) is 0 Å². The van der Waals surface area contributed by atoms with Crippen LogP contribution in [0.5, 0.6) is 0 Å². The zero-order chi connectivity index (χ0) is 17.4. The van der Waals surface area contributed by atoms with Gasteiger partial charge in [-0.05, 0) is 30.5 Å². The van der Waals surface area contributed by atoms with Gasteiger partial charge < -0.3 is 4.42 Å². The van der Waals surface area contributed by atoms with E-state index in [1.807, 2.05) is 44.2 Å². The van der Waals surface area contributed by atoms with Gasteiger partial charge >= 0.3 is 5.63 Å². The monoisotopic (exact) mass is 348 g/mol. The van der Waals surface area contributed by atoms with Gasteiger partial charge in [0.25, 0.3) is 0 Å². The molecule has 0 fully saturated rings. The molecule has 2 heterocycles. The molecule has 0 aliphatic carbocycles. The van der Waals surface area contributed by atoms with E-state index in [-0.39, 0.29) is 5.63 Å². The first-order chi connectivity index (χ1) is 12.1. The molecular formula is C20H16N2O2S. The first-order valence-electron chi connectivity index (χ1n) is 7.99. The molecule has 0 aliphatic heterocycles. The van der Waals surface area contributed by atoms with Gasteiger partial charge in [0.1, 0.15) is 10.6 Å². The predicted octanol–water partition coefficient (Wildman–Crippen LogP) is 4.65. The molecule has 2 aromatic carbocycles. The standard InChI is InChI=1S/C20H16N2O2S/c1-12-7-8-16-15(9-18(23)24-19(16)13(12)2)11-25-20-17-6-4-3-5-14(17)10-21-22-20/h3-10H,11H2,1-2H3. The summed E-state index contributed by atoms with van der Waals surface area (Å²) in [7, 11) is 0. The second kappa shape index (κ2) is 6.33. The molecule has 124 valence electrons. The van der Waals surface area contributed by atoms with Crippen LogP contribution in [-0.4, -0.2) is 10.2 Å². The van der Waals surface area contributed by atoms with Crippen LogP contribution in [0.15, 0.2) is 62.9 Å². The predicted molar refractivity (Wildman–Crippen MR) is 101 cm³/mol. The first kappa shape index (κ1) is 15.8.